The molecule has 2 N–H and O–H groups in total. The van der Waals surface area contributed by atoms with Gasteiger partial charge in [0.15, 0.2) is 0 Å². The summed E-state index contributed by atoms with van der Waals surface area (Å²) in [5.41, 5.74) is 0.704. The largest absolute Gasteiger partial charge is 0.376 e. The zero-order chi connectivity index (χ0) is 13.3. The van der Waals surface area contributed by atoms with Crippen molar-refractivity contribution >= 4 is 17.3 Å². The second-order valence-electron chi connectivity index (χ2n) is 4.53. The van der Waals surface area contributed by atoms with Crippen molar-refractivity contribution in [3.63, 3.8) is 0 Å². The lowest BCUT2D eigenvalue weighted by Gasteiger charge is -2.07. The summed E-state index contributed by atoms with van der Waals surface area (Å²) in [5.74, 6) is 0.215. The smallest absolute Gasteiger partial charge is 0.293 e. The zero-order valence-electron chi connectivity index (χ0n) is 10.3. The molecule has 1 fully saturated rings. The molecule has 1 aromatic rings. The Bertz CT molecular complexity index is 501. The van der Waals surface area contributed by atoms with E-state index in [0.717, 1.165) is 6.42 Å². The minimum atomic E-state index is -0.470. The standard InChI is InChI=1S/C12H15N3O3/c1-7-5-10(7)14-9-4-3-8(12(16)13-2)6-11(9)15(17)18/h3-4,6-7,10,14H,5H2,1-2H3,(H,13,16). The van der Waals surface area contributed by atoms with E-state index >= 15 is 0 Å². The van der Waals surface area contributed by atoms with E-state index in [0.29, 0.717) is 23.2 Å². The third-order valence-corrected chi connectivity index (χ3v) is 3.13. The van der Waals surface area contributed by atoms with Gasteiger partial charge in [-0.15, -0.1) is 0 Å². The molecular formula is C12H15N3O3. The Morgan fingerprint density at radius 1 is 1.50 bits per heavy atom. The van der Waals surface area contributed by atoms with E-state index in [1.807, 2.05) is 0 Å². The summed E-state index contributed by atoms with van der Waals surface area (Å²) >= 11 is 0. The predicted molar refractivity (Wildman–Crippen MR) is 67.7 cm³/mol. The average molecular weight is 249 g/mol. The topological polar surface area (TPSA) is 84.3 Å². The lowest BCUT2D eigenvalue weighted by Crippen LogP contribution is -2.18. The highest BCUT2D eigenvalue weighted by Crippen LogP contribution is 2.35. The molecule has 0 aromatic heterocycles. The Balaban J connectivity index is 2.29. The number of nitrogens with one attached hydrogen (secondary N) is 2. The van der Waals surface area contributed by atoms with Crippen LogP contribution in [0.25, 0.3) is 0 Å². The highest BCUT2D eigenvalue weighted by atomic mass is 16.6. The van der Waals surface area contributed by atoms with Crippen LogP contribution in [-0.2, 0) is 0 Å². The molecule has 0 saturated heterocycles. The van der Waals surface area contributed by atoms with E-state index in [1.54, 1.807) is 12.1 Å². The first-order valence-corrected chi connectivity index (χ1v) is 5.80. The summed E-state index contributed by atoms with van der Waals surface area (Å²) in [6, 6.07) is 4.78. The Kier molecular flexibility index (Phi) is 3.18. The van der Waals surface area contributed by atoms with Gasteiger partial charge in [-0.3, -0.25) is 14.9 Å². The van der Waals surface area contributed by atoms with Crippen LogP contribution in [0.3, 0.4) is 0 Å². The molecule has 1 saturated carbocycles. The van der Waals surface area contributed by atoms with Crippen LogP contribution in [0.1, 0.15) is 23.7 Å². The zero-order valence-corrected chi connectivity index (χ0v) is 10.3. The number of nitro benzene ring substituents is 1. The molecule has 0 heterocycles. The summed E-state index contributed by atoms with van der Waals surface area (Å²) in [6.07, 6.45) is 1.02. The molecule has 0 aliphatic heterocycles. The molecule has 1 aliphatic carbocycles. The average Bonchev–Trinajstić information content (AvgIpc) is 3.04. The van der Waals surface area contributed by atoms with Crippen molar-refractivity contribution in [3.8, 4) is 0 Å². The van der Waals surface area contributed by atoms with Crippen LogP contribution in [0.15, 0.2) is 18.2 Å². The molecule has 2 unspecified atom stereocenters. The van der Waals surface area contributed by atoms with E-state index in [-0.39, 0.29) is 11.6 Å². The number of hydrogen-bond donors (Lipinski definition) is 2. The third-order valence-electron chi connectivity index (χ3n) is 3.13. The van der Waals surface area contributed by atoms with Crippen molar-refractivity contribution in [2.45, 2.75) is 19.4 Å². The molecule has 0 bridgehead atoms. The van der Waals surface area contributed by atoms with E-state index in [9.17, 15) is 14.9 Å². The molecular weight excluding hydrogens is 234 g/mol. The number of hydrogen-bond acceptors (Lipinski definition) is 4. The number of amides is 1. The first-order valence-electron chi connectivity index (χ1n) is 5.80. The lowest BCUT2D eigenvalue weighted by atomic mass is 10.1. The molecule has 0 spiro atoms. The Labute approximate surface area is 105 Å². The molecule has 1 amide bonds. The Morgan fingerprint density at radius 2 is 2.17 bits per heavy atom. The normalized spacial score (nSPS) is 21.2. The fourth-order valence-electron chi connectivity index (χ4n) is 1.81. The maximum atomic E-state index is 11.4. The van der Waals surface area contributed by atoms with Gasteiger partial charge in [0.2, 0.25) is 0 Å². The Hall–Kier alpha value is -2.11. The fourth-order valence-corrected chi connectivity index (χ4v) is 1.81. The van der Waals surface area contributed by atoms with E-state index in [4.69, 9.17) is 0 Å². The van der Waals surface area contributed by atoms with Gasteiger partial charge in [-0.05, 0) is 24.5 Å². The summed E-state index contributed by atoms with van der Waals surface area (Å²) < 4.78 is 0. The number of nitrogens with zero attached hydrogens (tertiary/aromatic N) is 1. The van der Waals surface area contributed by atoms with Crippen molar-refractivity contribution in [3.05, 3.63) is 33.9 Å². The van der Waals surface area contributed by atoms with Gasteiger partial charge in [-0.2, -0.15) is 0 Å². The van der Waals surface area contributed by atoms with Gasteiger partial charge < -0.3 is 10.6 Å². The molecule has 2 atom stereocenters. The maximum Gasteiger partial charge on any atom is 0.293 e. The van der Waals surface area contributed by atoms with Crippen molar-refractivity contribution in [2.24, 2.45) is 5.92 Å². The minimum absolute atomic E-state index is 0.0600. The quantitative estimate of drug-likeness (QED) is 0.629. The summed E-state index contributed by atoms with van der Waals surface area (Å²) in [5, 5.41) is 16.6. The molecule has 6 heteroatoms. The van der Waals surface area contributed by atoms with Gasteiger partial charge >= 0.3 is 0 Å². The van der Waals surface area contributed by atoms with E-state index in [1.165, 1.54) is 13.1 Å². The van der Waals surface area contributed by atoms with Gasteiger partial charge in [-0.1, -0.05) is 6.92 Å². The molecule has 6 nitrogen and oxygen atoms in total. The molecule has 96 valence electrons. The summed E-state index contributed by atoms with van der Waals surface area (Å²) in [4.78, 5) is 22.0. The van der Waals surface area contributed by atoms with Crippen LogP contribution in [0.2, 0.25) is 0 Å². The Morgan fingerprint density at radius 3 is 2.67 bits per heavy atom. The van der Waals surface area contributed by atoms with Crippen molar-refractivity contribution in [2.75, 3.05) is 12.4 Å². The first kappa shape index (κ1) is 12.3. The summed E-state index contributed by atoms with van der Waals surface area (Å²) in [7, 11) is 1.49. The minimum Gasteiger partial charge on any atom is -0.376 e. The third kappa shape index (κ3) is 2.42. The van der Waals surface area contributed by atoms with Crippen molar-refractivity contribution < 1.29 is 9.72 Å². The van der Waals surface area contributed by atoms with Gasteiger partial charge in [0.25, 0.3) is 11.6 Å². The van der Waals surface area contributed by atoms with Crippen molar-refractivity contribution in [1.82, 2.24) is 5.32 Å². The fraction of sp³-hybridized carbons (Fsp3) is 0.417. The van der Waals surface area contributed by atoms with Crippen LogP contribution in [0.4, 0.5) is 11.4 Å². The first-order chi connectivity index (χ1) is 8.52. The highest BCUT2D eigenvalue weighted by Gasteiger charge is 2.34. The molecule has 18 heavy (non-hydrogen) atoms. The van der Waals surface area contributed by atoms with Gasteiger partial charge in [0.1, 0.15) is 5.69 Å². The monoisotopic (exact) mass is 249 g/mol. The number of carbonyl (C=O) groups excluding carboxylic acids is 1. The van der Waals surface area contributed by atoms with E-state index in [2.05, 4.69) is 17.6 Å². The number of nitro groups is 1. The molecule has 1 aromatic carbocycles. The van der Waals surface area contributed by atoms with Crippen LogP contribution in [-0.4, -0.2) is 23.9 Å². The number of rotatable bonds is 4. The molecule has 0 radical (unpaired) electrons. The SMILES string of the molecule is CNC(=O)c1ccc(NC2CC2C)c([N+](=O)[O-])c1. The summed E-state index contributed by atoms with van der Waals surface area (Å²) in [6.45, 7) is 2.09. The van der Waals surface area contributed by atoms with Crippen LogP contribution >= 0.6 is 0 Å². The van der Waals surface area contributed by atoms with Gasteiger partial charge in [0.05, 0.1) is 4.92 Å². The van der Waals surface area contributed by atoms with Crippen LogP contribution < -0.4 is 10.6 Å². The van der Waals surface area contributed by atoms with Crippen LogP contribution in [0.5, 0.6) is 0 Å². The number of benzene rings is 1. The van der Waals surface area contributed by atoms with E-state index < -0.39 is 4.92 Å². The second kappa shape index (κ2) is 4.64. The van der Waals surface area contributed by atoms with Gasteiger partial charge in [0, 0.05) is 24.7 Å². The van der Waals surface area contributed by atoms with Crippen molar-refractivity contribution in [1.29, 1.82) is 0 Å². The molecule has 2 rings (SSSR count). The second-order valence-corrected chi connectivity index (χ2v) is 4.53. The predicted octanol–water partition coefficient (Wildman–Crippen LogP) is 1.77. The lowest BCUT2D eigenvalue weighted by molar-refractivity contribution is -0.384. The highest BCUT2D eigenvalue weighted by molar-refractivity contribution is 5.95. The number of carbonyl (C=O) groups is 1. The maximum absolute atomic E-state index is 11.4. The number of anilines is 1. The van der Waals surface area contributed by atoms with Crippen LogP contribution in [0, 0.1) is 16.0 Å². The molecule has 1 aliphatic rings. The van der Waals surface area contributed by atoms with Gasteiger partial charge in [-0.25, -0.2) is 0 Å².